The van der Waals surface area contributed by atoms with Crippen LogP contribution in [0.2, 0.25) is 0 Å². The quantitative estimate of drug-likeness (QED) is 0.874. The zero-order valence-corrected chi connectivity index (χ0v) is 16.3. The molecule has 0 bridgehead atoms. The highest BCUT2D eigenvalue weighted by Crippen LogP contribution is 2.26. The van der Waals surface area contributed by atoms with E-state index in [0.717, 1.165) is 5.56 Å². The third-order valence-electron chi connectivity index (χ3n) is 4.05. The van der Waals surface area contributed by atoms with E-state index in [1.165, 1.54) is 0 Å². The number of alkyl carbamates (subject to hydrolysis) is 1. The monoisotopic (exact) mass is 348 g/mol. The Morgan fingerprint density at radius 1 is 1.24 bits per heavy atom. The van der Waals surface area contributed by atoms with Crippen molar-refractivity contribution < 1.29 is 14.3 Å². The minimum absolute atomic E-state index is 0.00202. The lowest BCUT2D eigenvalue weighted by Gasteiger charge is -2.29. The maximum Gasteiger partial charge on any atom is 0.407 e. The Hall–Kier alpha value is -1.59. The van der Waals surface area contributed by atoms with Crippen molar-refractivity contribution in [2.75, 3.05) is 6.54 Å². The van der Waals surface area contributed by atoms with Crippen molar-refractivity contribution in [2.45, 2.75) is 71.9 Å². The average Bonchev–Trinajstić information content (AvgIpc) is 2.95. The van der Waals surface area contributed by atoms with Crippen LogP contribution in [0.25, 0.3) is 0 Å². The van der Waals surface area contributed by atoms with E-state index in [2.05, 4.69) is 43.5 Å². The number of hydrogen-bond acceptors (Lipinski definition) is 4. The second-order valence-electron chi connectivity index (χ2n) is 8.77. The normalized spacial score (nSPS) is 22.5. The standard InChI is InChI=1S/C20H32N2O3/c1-19(2,3)17-21-13-16(24-17)15(12-14-10-8-7-9-11-14)22-18(23)25-20(4,5)6/h7-11,15-17,21H,12-13H2,1-6H3,(H,22,23). The van der Waals surface area contributed by atoms with E-state index in [0.29, 0.717) is 13.0 Å². The van der Waals surface area contributed by atoms with Crippen molar-refractivity contribution in [3.05, 3.63) is 35.9 Å². The molecule has 3 atom stereocenters. The Bertz CT molecular complexity index is 561. The van der Waals surface area contributed by atoms with Gasteiger partial charge in [0.2, 0.25) is 0 Å². The molecule has 1 fully saturated rings. The molecule has 140 valence electrons. The zero-order valence-electron chi connectivity index (χ0n) is 16.3. The van der Waals surface area contributed by atoms with E-state index in [4.69, 9.17) is 9.47 Å². The van der Waals surface area contributed by atoms with E-state index >= 15 is 0 Å². The van der Waals surface area contributed by atoms with Gasteiger partial charge in [0.15, 0.2) is 0 Å². The molecule has 1 aromatic carbocycles. The van der Waals surface area contributed by atoms with Crippen molar-refractivity contribution in [3.63, 3.8) is 0 Å². The summed E-state index contributed by atoms with van der Waals surface area (Å²) >= 11 is 0. The maximum absolute atomic E-state index is 12.3. The van der Waals surface area contributed by atoms with Gasteiger partial charge >= 0.3 is 6.09 Å². The number of carbonyl (C=O) groups excluding carboxylic acids is 1. The van der Waals surface area contributed by atoms with Crippen molar-refractivity contribution in [1.82, 2.24) is 10.6 Å². The average molecular weight is 348 g/mol. The lowest BCUT2D eigenvalue weighted by atomic mass is 9.94. The van der Waals surface area contributed by atoms with Gasteiger partial charge in [-0.1, -0.05) is 51.1 Å². The van der Waals surface area contributed by atoms with E-state index in [1.807, 2.05) is 39.0 Å². The van der Waals surface area contributed by atoms with Crippen LogP contribution in [0.15, 0.2) is 30.3 Å². The number of carbonyl (C=O) groups is 1. The number of rotatable bonds is 4. The van der Waals surface area contributed by atoms with Crippen molar-refractivity contribution in [2.24, 2.45) is 5.41 Å². The Balaban J connectivity index is 2.08. The molecule has 2 N–H and O–H groups in total. The molecule has 2 rings (SSSR count). The number of benzene rings is 1. The van der Waals surface area contributed by atoms with Gasteiger partial charge in [-0.05, 0) is 32.8 Å². The lowest BCUT2D eigenvalue weighted by molar-refractivity contribution is -0.0363. The van der Waals surface area contributed by atoms with Gasteiger partial charge in [0.25, 0.3) is 0 Å². The van der Waals surface area contributed by atoms with Gasteiger partial charge in [-0.2, -0.15) is 0 Å². The Labute approximate surface area is 151 Å². The first-order valence-corrected chi connectivity index (χ1v) is 8.97. The second-order valence-corrected chi connectivity index (χ2v) is 8.77. The smallest absolute Gasteiger partial charge is 0.407 e. The summed E-state index contributed by atoms with van der Waals surface area (Å²) in [7, 11) is 0. The summed E-state index contributed by atoms with van der Waals surface area (Å²) in [6, 6.07) is 9.97. The Morgan fingerprint density at radius 3 is 2.40 bits per heavy atom. The highest BCUT2D eigenvalue weighted by atomic mass is 16.6. The van der Waals surface area contributed by atoms with Crippen LogP contribution in [0.5, 0.6) is 0 Å². The second kappa shape index (κ2) is 7.75. The minimum Gasteiger partial charge on any atom is -0.444 e. The van der Waals surface area contributed by atoms with Crippen LogP contribution in [0.4, 0.5) is 4.79 Å². The Morgan fingerprint density at radius 2 is 1.88 bits per heavy atom. The van der Waals surface area contributed by atoms with Gasteiger partial charge in [0, 0.05) is 12.0 Å². The van der Waals surface area contributed by atoms with Crippen molar-refractivity contribution in [1.29, 1.82) is 0 Å². The molecule has 5 nitrogen and oxygen atoms in total. The van der Waals surface area contributed by atoms with Gasteiger partial charge < -0.3 is 14.8 Å². The molecule has 5 heteroatoms. The van der Waals surface area contributed by atoms with Crippen LogP contribution in [-0.2, 0) is 15.9 Å². The zero-order chi connectivity index (χ0) is 18.7. The summed E-state index contributed by atoms with van der Waals surface area (Å²) in [6.07, 6.45) is 0.160. The number of nitrogens with one attached hydrogen (secondary N) is 2. The van der Waals surface area contributed by atoms with Crippen LogP contribution in [0.1, 0.15) is 47.1 Å². The number of ether oxygens (including phenoxy) is 2. The van der Waals surface area contributed by atoms with E-state index in [1.54, 1.807) is 0 Å². The van der Waals surface area contributed by atoms with E-state index in [9.17, 15) is 4.79 Å². The van der Waals surface area contributed by atoms with Gasteiger partial charge in [0.05, 0.1) is 12.1 Å². The lowest BCUT2D eigenvalue weighted by Crippen LogP contribution is -2.48. The molecule has 1 aliphatic heterocycles. The predicted molar refractivity (Wildman–Crippen MR) is 99.4 cm³/mol. The van der Waals surface area contributed by atoms with Crippen molar-refractivity contribution >= 4 is 6.09 Å². The van der Waals surface area contributed by atoms with Crippen LogP contribution in [0.3, 0.4) is 0 Å². The molecular weight excluding hydrogens is 316 g/mol. The summed E-state index contributed by atoms with van der Waals surface area (Å²) in [6.45, 7) is 12.7. The topological polar surface area (TPSA) is 59.6 Å². The molecular formula is C20H32N2O3. The van der Waals surface area contributed by atoms with E-state index < -0.39 is 11.7 Å². The van der Waals surface area contributed by atoms with Gasteiger partial charge in [0.1, 0.15) is 11.8 Å². The van der Waals surface area contributed by atoms with Gasteiger partial charge in [-0.25, -0.2) is 4.79 Å². The summed E-state index contributed by atoms with van der Waals surface area (Å²) < 4.78 is 11.6. The molecule has 0 spiro atoms. The van der Waals surface area contributed by atoms with Crippen LogP contribution < -0.4 is 10.6 Å². The summed E-state index contributed by atoms with van der Waals surface area (Å²) in [4.78, 5) is 12.3. The predicted octanol–water partition coefficient (Wildman–Crippen LogP) is 3.48. The highest BCUT2D eigenvalue weighted by Gasteiger charge is 2.38. The first kappa shape index (κ1) is 19.7. The molecule has 25 heavy (non-hydrogen) atoms. The van der Waals surface area contributed by atoms with Crippen LogP contribution >= 0.6 is 0 Å². The third kappa shape index (κ3) is 6.33. The minimum atomic E-state index is -0.524. The molecule has 1 heterocycles. The molecule has 3 unspecified atom stereocenters. The molecule has 0 saturated carbocycles. The largest absolute Gasteiger partial charge is 0.444 e. The summed E-state index contributed by atoms with van der Waals surface area (Å²) in [5.74, 6) is 0. The highest BCUT2D eigenvalue weighted by molar-refractivity contribution is 5.68. The molecule has 1 aliphatic rings. The van der Waals surface area contributed by atoms with Crippen molar-refractivity contribution in [3.8, 4) is 0 Å². The summed E-state index contributed by atoms with van der Waals surface area (Å²) in [5.41, 5.74) is 0.633. The first-order chi connectivity index (χ1) is 11.5. The molecule has 1 amide bonds. The maximum atomic E-state index is 12.3. The molecule has 0 aliphatic carbocycles. The SMILES string of the molecule is CC(C)(C)OC(=O)NC(Cc1ccccc1)C1CNC(C(C)(C)C)O1. The Kier molecular flexibility index (Phi) is 6.12. The van der Waals surface area contributed by atoms with E-state index in [-0.39, 0.29) is 23.8 Å². The molecule has 0 aromatic heterocycles. The third-order valence-corrected chi connectivity index (χ3v) is 4.05. The number of amides is 1. The van der Waals surface area contributed by atoms with Crippen LogP contribution in [0, 0.1) is 5.41 Å². The molecule has 0 radical (unpaired) electrons. The summed E-state index contributed by atoms with van der Waals surface area (Å²) in [5, 5.41) is 6.43. The fourth-order valence-electron chi connectivity index (χ4n) is 2.84. The van der Waals surface area contributed by atoms with Gasteiger partial charge in [-0.15, -0.1) is 0 Å². The fraction of sp³-hybridized carbons (Fsp3) is 0.650. The van der Waals surface area contributed by atoms with Crippen LogP contribution in [-0.4, -0.2) is 36.6 Å². The fourth-order valence-corrected chi connectivity index (χ4v) is 2.84. The first-order valence-electron chi connectivity index (χ1n) is 8.97. The molecule has 1 saturated heterocycles. The number of hydrogen-bond donors (Lipinski definition) is 2. The molecule has 1 aromatic rings. The van der Waals surface area contributed by atoms with Gasteiger partial charge in [-0.3, -0.25) is 5.32 Å².